The monoisotopic (exact) mass is 1160 g/mol. The van der Waals surface area contributed by atoms with E-state index in [2.05, 4.69) is 67.8 Å². The molecular formula is C79H149NO3. The molecule has 0 rings (SSSR count). The minimum Gasteiger partial charge on any atom is -0.394 e. The minimum atomic E-state index is -0.873. The van der Waals surface area contributed by atoms with Crippen molar-refractivity contribution in [1.82, 2.24) is 5.32 Å². The van der Waals surface area contributed by atoms with Crippen molar-refractivity contribution in [2.24, 2.45) is 0 Å². The van der Waals surface area contributed by atoms with E-state index in [-0.39, 0.29) is 12.5 Å². The van der Waals surface area contributed by atoms with Crippen LogP contribution < -0.4 is 5.32 Å². The summed E-state index contributed by atoms with van der Waals surface area (Å²) in [7, 11) is 0. The SMILES string of the molecule is CCCCCCC/C=C\C/C=C\CCCCCCCCCCCCCCCCCCCCCCCCCCCCCC(=O)NC(CO)C(O)/C=C/CC/C=C/CC/C=C/CCCCCCCCCCCCCCCCCCCCCCCC. The molecule has 0 spiro atoms. The molecule has 3 N–H and O–H groups in total. The minimum absolute atomic E-state index is 0.0703. The molecule has 4 heteroatoms. The Kier molecular flexibility index (Phi) is 72.6. The van der Waals surface area contributed by atoms with Gasteiger partial charge in [-0.3, -0.25) is 4.79 Å². The van der Waals surface area contributed by atoms with Crippen molar-refractivity contribution in [1.29, 1.82) is 0 Å². The molecule has 0 aromatic carbocycles. The lowest BCUT2D eigenvalue weighted by Crippen LogP contribution is -2.45. The van der Waals surface area contributed by atoms with Crippen molar-refractivity contribution in [2.45, 2.75) is 431 Å². The third-order valence-electron chi connectivity index (χ3n) is 17.7. The van der Waals surface area contributed by atoms with Gasteiger partial charge in [-0.1, -0.05) is 396 Å². The molecule has 0 aliphatic carbocycles. The average molecular weight is 1160 g/mol. The molecule has 2 atom stereocenters. The van der Waals surface area contributed by atoms with Crippen LogP contribution in [0.3, 0.4) is 0 Å². The molecule has 0 aromatic rings. The summed E-state index contributed by atoms with van der Waals surface area (Å²) in [6.45, 7) is 4.33. The van der Waals surface area contributed by atoms with Gasteiger partial charge in [-0.2, -0.15) is 0 Å². The van der Waals surface area contributed by atoms with Gasteiger partial charge in [0.25, 0.3) is 0 Å². The Morgan fingerprint density at radius 2 is 0.506 bits per heavy atom. The Morgan fingerprint density at radius 3 is 0.771 bits per heavy atom. The van der Waals surface area contributed by atoms with E-state index in [0.29, 0.717) is 6.42 Å². The number of unbranched alkanes of at least 4 members (excludes halogenated alkanes) is 56. The van der Waals surface area contributed by atoms with Crippen LogP contribution in [-0.4, -0.2) is 34.9 Å². The summed E-state index contributed by atoms with van der Waals surface area (Å²) in [6, 6.07) is -0.648. The second kappa shape index (κ2) is 74.3. The standard InChI is InChI=1S/C79H149NO3/c1-3-5-7-9-11-13-15-17-19-21-23-25-27-29-31-33-35-37-38-39-40-41-42-43-45-47-49-51-53-55-57-59-61-63-65-67-69-71-73-75-79(83)80-77(76-81)78(82)74-72-70-68-66-64-62-60-58-56-54-52-50-48-46-44-36-34-32-30-28-26-24-22-20-18-16-14-12-10-8-6-4-2/h15,17,21,23,56,58,64,66,72,74,77-78,81-82H,3-14,16,18-20,22,24-55,57,59-63,65,67-71,73,75-76H2,1-2H3,(H,80,83)/b17-15-,23-21-,58-56+,66-64+,74-72+. The highest BCUT2D eigenvalue weighted by atomic mass is 16.3. The fraction of sp³-hybridized carbons (Fsp3) is 0.861. The van der Waals surface area contributed by atoms with Crippen LogP contribution in [0.15, 0.2) is 60.8 Å². The zero-order valence-electron chi connectivity index (χ0n) is 56.5. The number of carbonyl (C=O) groups is 1. The summed E-state index contributed by atoms with van der Waals surface area (Å²) in [4.78, 5) is 12.6. The maximum Gasteiger partial charge on any atom is 0.220 e. The average Bonchev–Trinajstić information content (AvgIpc) is 3.51. The van der Waals surface area contributed by atoms with E-state index in [1.54, 1.807) is 6.08 Å². The largest absolute Gasteiger partial charge is 0.394 e. The summed E-state index contributed by atoms with van der Waals surface area (Å²) in [6.07, 6.45) is 106. The molecule has 4 nitrogen and oxygen atoms in total. The highest BCUT2D eigenvalue weighted by molar-refractivity contribution is 5.76. The first-order valence-electron chi connectivity index (χ1n) is 38.0. The van der Waals surface area contributed by atoms with Crippen LogP contribution in [0.25, 0.3) is 0 Å². The second-order valence-electron chi connectivity index (χ2n) is 26.1. The molecule has 0 heterocycles. The second-order valence-corrected chi connectivity index (χ2v) is 26.1. The lowest BCUT2D eigenvalue weighted by atomic mass is 10.0. The molecular weight excluding hydrogens is 1010 g/mol. The summed E-state index contributed by atoms with van der Waals surface area (Å²) < 4.78 is 0. The van der Waals surface area contributed by atoms with Crippen molar-refractivity contribution in [2.75, 3.05) is 6.61 Å². The Hall–Kier alpha value is -1.91. The van der Waals surface area contributed by atoms with Crippen molar-refractivity contribution in [3.63, 3.8) is 0 Å². The van der Waals surface area contributed by atoms with E-state index in [1.165, 1.54) is 353 Å². The molecule has 0 fully saturated rings. The van der Waals surface area contributed by atoms with Gasteiger partial charge in [-0.25, -0.2) is 0 Å². The predicted octanol–water partition coefficient (Wildman–Crippen LogP) is 26.2. The molecule has 0 saturated carbocycles. The van der Waals surface area contributed by atoms with Gasteiger partial charge in [0, 0.05) is 6.42 Å². The molecule has 0 radical (unpaired) electrons. The van der Waals surface area contributed by atoms with Gasteiger partial charge >= 0.3 is 0 Å². The molecule has 0 aromatic heterocycles. The topological polar surface area (TPSA) is 69.6 Å². The number of aliphatic hydroxyl groups is 2. The van der Waals surface area contributed by atoms with Crippen LogP contribution in [0.1, 0.15) is 418 Å². The highest BCUT2D eigenvalue weighted by Gasteiger charge is 2.18. The van der Waals surface area contributed by atoms with Crippen molar-refractivity contribution < 1.29 is 15.0 Å². The third kappa shape index (κ3) is 70.7. The van der Waals surface area contributed by atoms with Gasteiger partial charge in [0.15, 0.2) is 0 Å². The molecule has 0 aliphatic heterocycles. The van der Waals surface area contributed by atoms with Gasteiger partial charge in [0.05, 0.1) is 18.8 Å². The normalized spacial score (nSPS) is 13.0. The lowest BCUT2D eigenvalue weighted by Gasteiger charge is -2.19. The van der Waals surface area contributed by atoms with E-state index in [1.807, 2.05) is 6.08 Å². The Bertz CT molecular complexity index is 1360. The van der Waals surface area contributed by atoms with E-state index in [4.69, 9.17) is 0 Å². The first kappa shape index (κ1) is 81.1. The van der Waals surface area contributed by atoms with E-state index in [9.17, 15) is 15.0 Å². The number of hydrogen-bond donors (Lipinski definition) is 3. The number of nitrogens with one attached hydrogen (secondary N) is 1. The number of allylic oxidation sites excluding steroid dienone is 9. The van der Waals surface area contributed by atoms with Crippen LogP contribution in [0.4, 0.5) is 0 Å². The number of aliphatic hydroxyl groups excluding tert-OH is 2. The zero-order valence-corrected chi connectivity index (χ0v) is 56.5. The summed E-state index contributed by atoms with van der Waals surface area (Å²) >= 11 is 0. The summed E-state index contributed by atoms with van der Waals surface area (Å²) in [5, 5.41) is 23.3. The third-order valence-corrected chi connectivity index (χ3v) is 17.7. The van der Waals surface area contributed by atoms with Gasteiger partial charge in [0.1, 0.15) is 0 Å². The van der Waals surface area contributed by atoms with Crippen molar-refractivity contribution in [3.8, 4) is 0 Å². The predicted molar refractivity (Wildman–Crippen MR) is 373 cm³/mol. The van der Waals surface area contributed by atoms with E-state index < -0.39 is 12.1 Å². The van der Waals surface area contributed by atoms with Crippen LogP contribution in [-0.2, 0) is 4.79 Å². The molecule has 1 amide bonds. The van der Waals surface area contributed by atoms with Crippen LogP contribution in [0.5, 0.6) is 0 Å². The smallest absolute Gasteiger partial charge is 0.220 e. The highest BCUT2D eigenvalue weighted by Crippen LogP contribution is 2.19. The number of hydrogen-bond acceptors (Lipinski definition) is 3. The van der Waals surface area contributed by atoms with Gasteiger partial charge in [-0.15, -0.1) is 0 Å². The van der Waals surface area contributed by atoms with Crippen molar-refractivity contribution in [3.05, 3.63) is 60.8 Å². The maximum atomic E-state index is 12.6. The molecule has 0 saturated heterocycles. The van der Waals surface area contributed by atoms with Crippen LogP contribution in [0, 0.1) is 0 Å². The van der Waals surface area contributed by atoms with Crippen LogP contribution >= 0.6 is 0 Å². The first-order valence-corrected chi connectivity index (χ1v) is 38.0. The molecule has 83 heavy (non-hydrogen) atoms. The van der Waals surface area contributed by atoms with Crippen molar-refractivity contribution >= 4 is 5.91 Å². The number of rotatable bonds is 71. The molecule has 0 aliphatic rings. The number of amides is 1. The molecule has 0 bridgehead atoms. The lowest BCUT2D eigenvalue weighted by molar-refractivity contribution is -0.123. The fourth-order valence-electron chi connectivity index (χ4n) is 12.0. The number of carbonyl (C=O) groups excluding carboxylic acids is 1. The molecule has 2 unspecified atom stereocenters. The van der Waals surface area contributed by atoms with Gasteiger partial charge < -0.3 is 15.5 Å². The van der Waals surface area contributed by atoms with E-state index in [0.717, 1.165) is 44.9 Å². The van der Waals surface area contributed by atoms with Gasteiger partial charge in [-0.05, 0) is 77.0 Å². The Balaban J connectivity index is 3.44. The molecule has 488 valence electrons. The fourth-order valence-corrected chi connectivity index (χ4v) is 12.0. The summed E-state index contributed by atoms with van der Waals surface area (Å²) in [5.74, 6) is -0.0703. The Morgan fingerprint density at radius 1 is 0.289 bits per heavy atom. The Labute approximate surface area is 521 Å². The van der Waals surface area contributed by atoms with Gasteiger partial charge in [0.2, 0.25) is 5.91 Å². The van der Waals surface area contributed by atoms with Crippen LogP contribution in [0.2, 0.25) is 0 Å². The maximum absolute atomic E-state index is 12.6. The first-order chi connectivity index (χ1) is 41.2. The van der Waals surface area contributed by atoms with E-state index >= 15 is 0 Å². The quantitative estimate of drug-likeness (QED) is 0.0420. The summed E-state index contributed by atoms with van der Waals surface area (Å²) in [5.41, 5.74) is 0. The zero-order chi connectivity index (χ0) is 59.8.